The monoisotopic (exact) mass is 351 g/mol. The minimum Gasteiger partial charge on any atom is -0.493 e. The molecule has 1 amide bonds. The van der Waals surface area contributed by atoms with Gasteiger partial charge in [-0.3, -0.25) is 4.79 Å². The van der Waals surface area contributed by atoms with Crippen LogP contribution in [-0.2, 0) is 11.2 Å². The van der Waals surface area contributed by atoms with Crippen LogP contribution in [0.25, 0.3) is 0 Å². The molecule has 2 aliphatic rings. The Morgan fingerprint density at radius 1 is 1.12 bits per heavy atom. The number of likely N-dealkylation sites (tertiary alicyclic amines) is 1. The molecule has 0 spiro atoms. The van der Waals surface area contributed by atoms with E-state index in [1.165, 1.54) is 18.2 Å². The molecule has 4 rings (SSSR count). The van der Waals surface area contributed by atoms with Crippen LogP contribution in [0.4, 0.5) is 0 Å². The largest absolute Gasteiger partial charge is 0.493 e. The minimum atomic E-state index is -0.397. The molecule has 0 aromatic heterocycles. The van der Waals surface area contributed by atoms with Gasteiger partial charge in [-0.2, -0.15) is 0 Å². The average molecular weight is 351 g/mol. The van der Waals surface area contributed by atoms with E-state index in [-0.39, 0.29) is 5.91 Å². The van der Waals surface area contributed by atoms with Gasteiger partial charge in [0.05, 0.1) is 19.3 Å². The van der Waals surface area contributed by atoms with Crippen molar-refractivity contribution >= 4 is 11.9 Å². The van der Waals surface area contributed by atoms with Gasteiger partial charge in [0.2, 0.25) is 0 Å². The number of amides is 1. The van der Waals surface area contributed by atoms with E-state index < -0.39 is 5.97 Å². The highest BCUT2D eigenvalue weighted by Crippen LogP contribution is 2.33. The van der Waals surface area contributed by atoms with E-state index in [4.69, 9.17) is 4.74 Å². The predicted molar refractivity (Wildman–Crippen MR) is 96.7 cm³/mol. The van der Waals surface area contributed by atoms with Gasteiger partial charge in [0, 0.05) is 31.0 Å². The van der Waals surface area contributed by atoms with E-state index >= 15 is 0 Å². The Morgan fingerprint density at radius 3 is 2.65 bits per heavy atom. The lowest BCUT2D eigenvalue weighted by Gasteiger charge is -2.17. The normalized spacial score (nSPS) is 18.3. The van der Waals surface area contributed by atoms with Gasteiger partial charge in [-0.05, 0) is 47.9 Å². The van der Waals surface area contributed by atoms with Gasteiger partial charge < -0.3 is 14.4 Å². The molecule has 2 aromatic carbocycles. The molecule has 0 unspecified atom stereocenters. The van der Waals surface area contributed by atoms with Gasteiger partial charge >= 0.3 is 5.97 Å². The van der Waals surface area contributed by atoms with Crippen molar-refractivity contribution in [3.05, 3.63) is 64.7 Å². The predicted octanol–water partition coefficient (Wildman–Crippen LogP) is 3.04. The van der Waals surface area contributed by atoms with E-state index in [1.807, 2.05) is 11.0 Å². The molecule has 26 heavy (non-hydrogen) atoms. The number of nitrogens with zero attached hydrogens (tertiary/aromatic N) is 1. The quantitative estimate of drug-likeness (QED) is 0.798. The summed E-state index contributed by atoms with van der Waals surface area (Å²) < 4.78 is 10.3. The van der Waals surface area contributed by atoms with Crippen molar-refractivity contribution in [3.8, 4) is 5.75 Å². The summed E-state index contributed by atoms with van der Waals surface area (Å²) in [6.07, 6.45) is 1.93. The smallest absolute Gasteiger partial charge is 0.337 e. The van der Waals surface area contributed by atoms with Crippen molar-refractivity contribution in [2.45, 2.75) is 18.8 Å². The summed E-state index contributed by atoms with van der Waals surface area (Å²) in [4.78, 5) is 26.1. The highest BCUT2D eigenvalue weighted by atomic mass is 16.5. The molecule has 0 aliphatic carbocycles. The lowest BCUT2D eigenvalue weighted by molar-refractivity contribution is 0.0600. The Hall–Kier alpha value is -2.82. The Bertz CT molecular complexity index is 844. The van der Waals surface area contributed by atoms with Gasteiger partial charge in [0.15, 0.2) is 0 Å². The average Bonchev–Trinajstić information content (AvgIpc) is 3.35. The lowest BCUT2D eigenvalue weighted by atomic mass is 9.96. The third-order valence-corrected chi connectivity index (χ3v) is 5.21. The zero-order valence-electron chi connectivity index (χ0n) is 14.7. The summed E-state index contributed by atoms with van der Waals surface area (Å²) in [7, 11) is 1.34. The second kappa shape index (κ2) is 6.83. The first-order chi connectivity index (χ1) is 12.7. The number of hydrogen-bond acceptors (Lipinski definition) is 4. The highest BCUT2D eigenvalue weighted by molar-refractivity contribution is 5.96. The molecule has 2 aromatic rings. The van der Waals surface area contributed by atoms with Gasteiger partial charge in [-0.25, -0.2) is 4.79 Å². The SMILES string of the molecule is COC(=O)c1ccc(C(=O)N2CC[C@H](c3ccc4c(c3)CCO4)C2)cc1. The molecule has 0 saturated carbocycles. The maximum atomic E-state index is 12.8. The first-order valence-corrected chi connectivity index (χ1v) is 8.89. The van der Waals surface area contributed by atoms with Crippen LogP contribution in [0.5, 0.6) is 5.75 Å². The van der Waals surface area contributed by atoms with Crippen molar-refractivity contribution in [1.82, 2.24) is 4.90 Å². The van der Waals surface area contributed by atoms with Crippen molar-refractivity contribution in [1.29, 1.82) is 0 Å². The van der Waals surface area contributed by atoms with Crippen LogP contribution in [0.15, 0.2) is 42.5 Å². The Kier molecular flexibility index (Phi) is 4.37. The molecule has 1 fully saturated rings. The number of methoxy groups -OCH3 is 1. The Morgan fingerprint density at radius 2 is 1.88 bits per heavy atom. The Labute approximate surface area is 152 Å². The molecule has 1 atom stereocenters. The molecule has 2 heterocycles. The molecule has 1 saturated heterocycles. The number of carbonyl (C=O) groups is 2. The zero-order chi connectivity index (χ0) is 18.1. The molecular weight excluding hydrogens is 330 g/mol. The fraction of sp³-hybridized carbons (Fsp3) is 0.333. The third-order valence-electron chi connectivity index (χ3n) is 5.21. The number of carbonyl (C=O) groups excluding carboxylic acids is 2. The summed E-state index contributed by atoms with van der Waals surface area (Å²) >= 11 is 0. The van der Waals surface area contributed by atoms with Gasteiger partial charge in [-0.15, -0.1) is 0 Å². The topological polar surface area (TPSA) is 55.8 Å². The van der Waals surface area contributed by atoms with Crippen LogP contribution in [0.2, 0.25) is 0 Å². The van der Waals surface area contributed by atoms with Crippen LogP contribution < -0.4 is 4.74 Å². The molecular formula is C21H21NO4. The first kappa shape index (κ1) is 16.6. The number of rotatable bonds is 3. The molecule has 134 valence electrons. The van der Waals surface area contributed by atoms with Crippen LogP contribution in [0, 0.1) is 0 Å². The Balaban J connectivity index is 1.45. The molecule has 0 radical (unpaired) electrons. The fourth-order valence-corrected chi connectivity index (χ4v) is 3.73. The number of ether oxygens (including phenoxy) is 2. The lowest BCUT2D eigenvalue weighted by Crippen LogP contribution is -2.28. The first-order valence-electron chi connectivity index (χ1n) is 8.89. The second-order valence-corrected chi connectivity index (χ2v) is 6.77. The fourth-order valence-electron chi connectivity index (χ4n) is 3.73. The van der Waals surface area contributed by atoms with E-state index in [0.717, 1.165) is 38.3 Å². The van der Waals surface area contributed by atoms with Crippen LogP contribution in [-0.4, -0.2) is 43.6 Å². The van der Waals surface area contributed by atoms with Gasteiger partial charge in [0.25, 0.3) is 5.91 Å². The van der Waals surface area contributed by atoms with Crippen molar-refractivity contribution in [3.63, 3.8) is 0 Å². The maximum Gasteiger partial charge on any atom is 0.337 e. The van der Waals surface area contributed by atoms with E-state index in [0.29, 0.717) is 17.0 Å². The molecule has 0 bridgehead atoms. The van der Waals surface area contributed by atoms with E-state index in [2.05, 4.69) is 16.9 Å². The molecule has 5 heteroatoms. The van der Waals surface area contributed by atoms with Crippen molar-refractivity contribution < 1.29 is 19.1 Å². The second-order valence-electron chi connectivity index (χ2n) is 6.77. The van der Waals surface area contributed by atoms with E-state index in [1.54, 1.807) is 24.3 Å². The van der Waals surface area contributed by atoms with Gasteiger partial charge in [-0.1, -0.05) is 12.1 Å². The third kappa shape index (κ3) is 3.05. The number of fused-ring (bicyclic) bond motifs is 1. The summed E-state index contributed by atoms with van der Waals surface area (Å²) in [5.41, 5.74) is 3.60. The zero-order valence-corrected chi connectivity index (χ0v) is 14.7. The van der Waals surface area contributed by atoms with Crippen LogP contribution >= 0.6 is 0 Å². The molecule has 0 N–H and O–H groups in total. The molecule has 2 aliphatic heterocycles. The minimum absolute atomic E-state index is 0.00779. The summed E-state index contributed by atoms with van der Waals surface area (Å²) in [5, 5.41) is 0. The summed E-state index contributed by atoms with van der Waals surface area (Å²) in [6.45, 7) is 2.22. The maximum absolute atomic E-state index is 12.8. The number of esters is 1. The number of hydrogen-bond donors (Lipinski definition) is 0. The van der Waals surface area contributed by atoms with Crippen LogP contribution in [0.3, 0.4) is 0 Å². The van der Waals surface area contributed by atoms with Crippen LogP contribution in [0.1, 0.15) is 44.2 Å². The summed E-state index contributed by atoms with van der Waals surface area (Å²) in [6, 6.07) is 13.0. The van der Waals surface area contributed by atoms with Crippen molar-refractivity contribution in [2.75, 3.05) is 26.8 Å². The summed E-state index contributed by atoms with van der Waals surface area (Å²) in [5.74, 6) is 0.962. The van der Waals surface area contributed by atoms with Gasteiger partial charge in [0.1, 0.15) is 5.75 Å². The number of benzene rings is 2. The van der Waals surface area contributed by atoms with Crippen molar-refractivity contribution in [2.24, 2.45) is 0 Å². The molecule has 5 nitrogen and oxygen atoms in total. The van der Waals surface area contributed by atoms with E-state index in [9.17, 15) is 9.59 Å². The highest BCUT2D eigenvalue weighted by Gasteiger charge is 2.29. The standard InChI is InChI=1S/C21H21NO4/c1-25-21(24)15-4-2-14(3-5-15)20(23)22-10-8-18(13-22)16-6-7-19-17(12-16)9-11-26-19/h2-7,12,18H,8-11,13H2,1H3/t18-/m0/s1.